The number of methoxy groups -OCH3 is 1. The Morgan fingerprint density at radius 3 is 2.57 bits per heavy atom. The number of esters is 4. The van der Waals surface area contributed by atoms with Crippen LogP contribution in [-0.4, -0.2) is 37.1 Å². The molecule has 1 saturated heterocycles. The Hall–Kier alpha value is -2.18. The molecule has 0 aromatic rings. The highest BCUT2D eigenvalue weighted by Gasteiger charge is 2.83. The van der Waals surface area contributed by atoms with Crippen molar-refractivity contribution in [2.24, 2.45) is 39.9 Å². The van der Waals surface area contributed by atoms with E-state index in [1.54, 1.807) is 6.92 Å². The van der Waals surface area contributed by atoms with Crippen LogP contribution in [0.3, 0.4) is 0 Å². The summed E-state index contributed by atoms with van der Waals surface area (Å²) in [7, 11) is 1.35. The van der Waals surface area contributed by atoms with E-state index in [4.69, 9.17) is 14.2 Å². The fourth-order valence-electron chi connectivity index (χ4n) is 8.42. The second kappa shape index (κ2) is 5.95. The van der Waals surface area contributed by atoms with Crippen molar-refractivity contribution >= 4 is 23.9 Å². The van der Waals surface area contributed by atoms with Gasteiger partial charge < -0.3 is 14.2 Å². The van der Waals surface area contributed by atoms with Gasteiger partial charge in [-0.3, -0.25) is 19.2 Å². The molecule has 162 valence electrons. The molecule has 5 rings (SSSR count). The van der Waals surface area contributed by atoms with Crippen LogP contribution in [0, 0.1) is 39.9 Å². The number of carbonyl (C=O) groups excluding carboxylic acids is 4. The predicted octanol–water partition coefficient (Wildman–Crippen LogP) is 2.57. The van der Waals surface area contributed by atoms with Crippen LogP contribution < -0.4 is 0 Å². The fraction of sp³-hybridized carbons (Fsp3) is 0.739. The molecule has 4 bridgehead atoms. The number of fused-ring (bicyclic) bond motifs is 1. The first-order valence-electron chi connectivity index (χ1n) is 10.8. The van der Waals surface area contributed by atoms with Gasteiger partial charge in [0.2, 0.25) is 0 Å². The zero-order valence-corrected chi connectivity index (χ0v) is 17.7. The van der Waals surface area contributed by atoms with Crippen LogP contribution in [0.1, 0.15) is 52.4 Å². The molecule has 8 atom stereocenters. The van der Waals surface area contributed by atoms with Gasteiger partial charge in [0.15, 0.2) is 0 Å². The van der Waals surface area contributed by atoms with Crippen molar-refractivity contribution in [1.82, 2.24) is 0 Å². The van der Waals surface area contributed by atoms with Gasteiger partial charge in [-0.05, 0) is 62.7 Å². The number of rotatable bonds is 2. The minimum atomic E-state index is -1.28. The van der Waals surface area contributed by atoms with E-state index < -0.39 is 52.1 Å². The lowest BCUT2D eigenvalue weighted by molar-refractivity contribution is -0.224. The van der Waals surface area contributed by atoms with E-state index in [0.29, 0.717) is 25.2 Å². The zero-order valence-electron chi connectivity index (χ0n) is 17.7. The Morgan fingerprint density at radius 2 is 1.90 bits per heavy atom. The quantitative estimate of drug-likeness (QED) is 0.295. The van der Waals surface area contributed by atoms with Crippen molar-refractivity contribution < 1.29 is 33.4 Å². The summed E-state index contributed by atoms with van der Waals surface area (Å²) in [4.78, 5) is 51.7. The highest BCUT2D eigenvalue weighted by atomic mass is 16.6. The Balaban J connectivity index is 1.76. The topological polar surface area (TPSA) is 96.0 Å². The van der Waals surface area contributed by atoms with E-state index in [2.05, 4.69) is 6.58 Å². The molecule has 5 aliphatic rings. The van der Waals surface area contributed by atoms with Crippen LogP contribution >= 0.6 is 0 Å². The second-order valence-corrected chi connectivity index (χ2v) is 10.2. The molecule has 4 saturated carbocycles. The number of hydrogen-bond donors (Lipinski definition) is 0. The highest BCUT2D eigenvalue weighted by Crippen LogP contribution is 2.79. The van der Waals surface area contributed by atoms with Crippen molar-refractivity contribution in [3.8, 4) is 0 Å². The molecule has 7 heteroatoms. The van der Waals surface area contributed by atoms with Gasteiger partial charge in [-0.1, -0.05) is 12.2 Å². The molecule has 0 aromatic carbocycles. The van der Waals surface area contributed by atoms with Crippen LogP contribution in [0.15, 0.2) is 12.2 Å². The van der Waals surface area contributed by atoms with Crippen LogP contribution in [-0.2, 0) is 33.4 Å². The highest BCUT2D eigenvalue weighted by molar-refractivity contribution is 5.98. The van der Waals surface area contributed by atoms with Gasteiger partial charge in [0.05, 0.1) is 18.4 Å². The zero-order chi connectivity index (χ0) is 21.6. The minimum Gasteiger partial charge on any atom is -0.469 e. The summed E-state index contributed by atoms with van der Waals surface area (Å²) in [6, 6.07) is 0. The Morgan fingerprint density at radius 1 is 1.17 bits per heavy atom. The third-order valence-electron chi connectivity index (χ3n) is 9.29. The molecule has 1 aliphatic heterocycles. The van der Waals surface area contributed by atoms with E-state index in [1.807, 2.05) is 0 Å². The first-order valence-corrected chi connectivity index (χ1v) is 10.8. The first-order chi connectivity index (χ1) is 14.1. The largest absolute Gasteiger partial charge is 0.469 e. The summed E-state index contributed by atoms with van der Waals surface area (Å²) in [5.41, 5.74) is -1.55. The standard InChI is InChI=1S/C23H28O7/c1-11-9-22-10-13(11)5-6-14(22)23-8-7-15(29-12(2)24)21(3,19(26)30-20(23)27)17(23)16(22)18(25)28-4/h13-17H,1,5-10H2,2-4H3/t13-,14?,15+,16-,17?,21+,22+,23-/m1/s1. The molecule has 0 aromatic heterocycles. The summed E-state index contributed by atoms with van der Waals surface area (Å²) in [6.07, 6.45) is 3.27. The summed E-state index contributed by atoms with van der Waals surface area (Å²) < 4.78 is 16.2. The van der Waals surface area contributed by atoms with Crippen molar-refractivity contribution in [2.45, 2.75) is 58.5 Å². The third kappa shape index (κ3) is 2.02. The van der Waals surface area contributed by atoms with E-state index in [9.17, 15) is 19.2 Å². The predicted molar refractivity (Wildman–Crippen MR) is 102 cm³/mol. The molecule has 2 unspecified atom stereocenters. The van der Waals surface area contributed by atoms with Gasteiger partial charge >= 0.3 is 23.9 Å². The summed E-state index contributed by atoms with van der Waals surface area (Å²) in [5, 5.41) is 0. The average Bonchev–Trinajstić information content (AvgIpc) is 3.10. The van der Waals surface area contributed by atoms with Gasteiger partial charge in [-0.15, -0.1) is 0 Å². The Kier molecular flexibility index (Phi) is 3.92. The van der Waals surface area contributed by atoms with Gasteiger partial charge in [0, 0.05) is 12.8 Å². The van der Waals surface area contributed by atoms with Crippen LogP contribution in [0.2, 0.25) is 0 Å². The van der Waals surface area contributed by atoms with Gasteiger partial charge in [0.25, 0.3) is 0 Å². The number of ether oxygens (including phenoxy) is 3. The van der Waals surface area contributed by atoms with Crippen molar-refractivity contribution in [2.75, 3.05) is 7.11 Å². The maximum absolute atomic E-state index is 13.4. The van der Waals surface area contributed by atoms with Gasteiger partial charge in [0.1, 0.15) is 11.5 Å². The molecule has 7 nitrogen and oxygen atoms in total. The fourth-order valence-corrected chi connectivity index (χ4v) is 8.42. The Bertz CT molecular complexity index is 892. The molecular weight excluding hydrogens is 388 g/mol. The maximum atomic E-state index is 13.4. The lowest BCUT2D eigenvalue weighted by atomic mass is 9.50. The smallest absolute Gasteiger partial charge is 0.323 e. The molecule has 4 aliphatic carbocycles. The van der Waals surface area contributed by atoms with Crippen LogP contribution in [0.4, 0.5) is 0 Å². The summed E-state index contributed by atoms with van der Waals surface area (Å²) in [5.74, 6) is -3.08. The van der Waals surface area contributed by atoms with Crippen molar-refractivity contribution in [3.63, 3.8) is 0 Å². The number of hydrogen-bond acceptors (Lipinski definition) is 7. The molecule has 5 fully saturated rings. The number of allylic oxidation sites excluding steroid dienone is 1. The van der Waals surface area contributed by atoms with E-state index in [0.717, 1.165) is 24.8 Å². The SMILES string of the molecule is C=C1C[C@]23C[C@H]1CCC2[C@@]12CC[C@H](OC(C)=O)[C@](C)(C(=O)OC1=O)C2[C@@H]3C(=O)OC. The van der Waals surface area contributed by atoms with Crippen LogP contribution in [0.5, 0.6) is 0 Å². The average molecular weight is 416 g/mol. The van der Waals surface area contributed by atoms with Gasteiger partial charge in [-0.25, -0.2) is 0 Å². The van der Waals surface area contributed by atoms with E-state index >= 15 is 0 Å². The van der Waals surface area contributed by atoms with Crippen LogP contribution in [0.25, 0.3) is 0 Å². The molecular formula is C23H28O7. The maximum Gasteiger partial charge on any atom is 0.323 e. The lowest BCUT2D eigenvalue weighted by Crippen LogP contribution is -2.66. The van der Waals surface area contributed by atoms with Gasteiger partial charge in [-0.2, -0.15) is 0 Å². The third-order valence-corrected chi connectivity index (χ3v) is 9.29. The molecule has 0 amide bonds. The molecule has 30 heavy (non-hydrogen) atoms. The normalized spacial score (nSPS) is 48.5. The molecule has 1 spiro atoms. The molecule has 0 radical (unpaired) electrons. The lowest BCUT2D eigenvalue weighted by Gasteiger charge is -2.56. The van der Waals surface area contributed by atoms with E-state index in [-0.39, 0.29) is 11.9 Å². The number of cyclic esters (lactones) is 2. The summed E-state index contributed by atoms with van der Waals surface area (Å²) >= 11 is 0. The minimum absolute atomic E-state index is 0.0761. The van der Waals surface area contributed by atoms with Crippen molar-refractivity contribution in [3.05, 3.63) is 12.2 Å². The Labute approximate surface area is 175 Å². The van der Waals surface area contributed by atoms with E-state index in [1.165, 1.54) is 14.0 Å². The van der Waals surface area contributed by atoms with Crippen molar-refractivity contribution in [1.29, 1.82) is 0 Å². The molecule has 1 heterocycles. The summed E-state index contributed by atoms with van der Waals surface area (Å²) in [6.45, 7) is 7.29. The second-order valence-electron chi connectivity index (χ2n) is 10.2. The first kappa shape index (κ1) is 19.8. The number of carbonyl (C=O) groups is 4. The monoisotopic (exact) mass is 416 g/mol. The molecule has 0 N–H and O–H groups in total.